The Labute approximate surface area is 125 Å². The Morgan fingerprint density at radius 1 is 1.25 bits per heavy atom. The third-order valence-corrected chi connectivity index (χ3v) is 4.35. The van der Waals surface area contributed by atoms with E-state index in [4.69, 9.17) is 17.3 Å². The number of nitrogens with two attached hydrogens (primary N) is 1. The minimum Gasteiger partial charge on any atom is -0.398 e. The molecule has 1 heterocycles. The average molecular weight is 287 g/mol. The highest BCUT2D eigenvalue weighted by atomic mass is 35.5. The number of fused-ring (bicyclic) bond motifs is 1. The fraction of sp³-hybridized carbons (Fsp3) is 0.294. The molecule has 0 radical (unpaired) electrons. The van der Waals surface area contributed by atoms with Crippen LogP contribution in [0.4, 0.5) is 11.4 Å². The second kappa shape index (κ2) is 5.37. The van der Waals surface area contributed by atoms with Gasteiger partial charge in [0.1, 0.15) is 0 Å². The van der Waals surface area contributed by atoms with Crippen molar-refractivity contribution in [3.05, 3.63) is 58.6 Å². The van der Waals surface area contributed by atoms with Gasteiger partial charge in [-0.2, -0.15) is 0 Å². The van der Waals surface area contributed by atoms with Crippen molar-refractivity contribution in [2.24, 2.45) is 0 Å². The topological polar surface area (TPSA) is 29.3 Å². The molecule has 1 unspecified atom stereocenters. The van der Waals surface area contributed by atoms with E-state index in [0.717, 1.165) is 29.2 Å². The number of hydrogen-bond acceptors (Lipinski definition) is 2. The van der Waals surface area contributed by atoms with Crippen LogP contribution in [0.15, 0.2) is 42.5 Å². The van der Waals surface area contributed by atoms with E-state index in [0.29, 0.717) is 6.04 Å². The van der Waals surface area contributed by atoms with Crippen LogP contribution >= 0.6 is 11.6 Å². The molecular weight excluding hydrogens is 268 g/mol. The van der Waals surface area contributed by atoms with E-state index < -0.39 is 0 Å². The maximum Gasteiger partial charge on any atom is 0.0453 e. The number of rotatable bonds is 2. The summed E-state index contributed by atoms with van der Waals surface area (Å²) in [6.07, 6.45) is 2.33. The van der Waals surface area contributed by atoms with Gasteiger partial charge in [0.2, 0.25) is 0 Å². The predicted molar refractivity (Wildman–Crippen MR) is 86.3 cm³/mol. The summed E-state index contributed by atoms with van der Waals surface area (Å²) < 4.78 is 0. The quantitative estimate of drug-likeness (QED) is 0.836. The molecule has 1 atom stereocenters. The van der Waals surface area contributed by atoms with Gasteiger partial charge in [-0.05, 0) is 55.2 Å². The second-order valence-electron chi connectivity index (χ2n) is 5.49. The van der Waals surface area contributed by atoms with Crippen LogP contribution in [-0.2, 0) is 13.0 Å². The van der Waals surface area contributed by atoms with Crippen LogP contribution in [0.5, 0.6) is 0 Å². The van der Waals surface area contributed by atoms with E-state index in [9.17, 15) is 0 Å². The maximum absolute atomic E-state index is 6.10. The van der Waals surface area contributed by atoms with Gasteiger partial charge in [-0.1, -0.05) is 29.8 Å². The van der Waals surface area contributed by atoms with E-state index in [-0.39, 0.29) is 0 Å². The molecule has 1 aliphatic rings. The van der Waals surface area contributed by atoms with E-state index in [1.165, 1.54) is 17.7 Å². The van der Waals surface area contributed by atoms with Crippen LogP contribution in [0.3, 0.4) is 0 Å². The molecule has 0 saturated heterocycles. The summed E-state index contributed by atoms with van der Waals surface area (Å²) in [4.78, 5) is 2.43. The lowest BCUT2D eigenvalue weighted by Gasteiger charge is -2.37. The highest BCUT2D eigenvalue weighted by molar-refractivity contribution is 6.30. The SMILES string of the molecule is CC1CCc2ccccc2N1Cc1cc(Cl)ccc1N. The number of benzene rings is 2. The number of anilines is 2. The van der Waals surface area contributed by atoms with Crippen molar-refractivity contribution in [1.29, 1.82) is 0 Å². The van der Waals surface area contributed by atoms with Gasteiger partial charge in [-0.15, -0.1) is 0 Å². The molecule has 2 N–H and O–H groups in total. The minimum atomic E-state index is 0.517. The van der Waals surface area contributed by atoms with Gasteiger partial charge in [-0.25, -0.2) is 0 Å². The summed E-state index contributed by atoms with van der Waals surface area (Å²) in [7, 11) is 0. The standard InChI is InChI=1S/C17H19ClN2/c1-12-6-7-13-4-2-3-5-17(13)20(12)11-14-10-15(18)8-9-16(14)19/h2-5,8-10,12H,6-7,11,19H2,1H3. The maximum atomic E-state index is 6.10. The van der Waals surface area contributed by atoms with Crippen molar-refractivity contribution >= 4 is 23.0 Å². The molecule has 0 bridgehead atoms. The normalized spacial score (nSPS) is 17.9. The number of halogens is 1. The van der Waals surface area contributed by atoms with Gasteiger partial charge in [0.05, 0.1) is 0 Å². The predicted octanol–water partition coefficient (Wildman–Crippen LogP) is 4.26. The molecule has 0 aromatic heterocycles. The summed E-state index contributed by atoms with van der Waals surface area (Å²) in [6.45, 7) is 3.08. The molecule has 3 heteroatoms. The lowest BCUT2D eigenvalue weighted by atomic mass is 9.96. The number of hydrogen-bond donors (Lipinski definition) is 1. The molecule has 0 saturated carbocycles. The van der Waals surface area contributed by atoms with Gasteiger partial charge in [0, 0.05) is 29.0 Å². The lowest BCUT2D eigenvalue weighted by molar-refractivity contribution is 0.560. The first-order chi connectivity index (χ1) is 9.65. The Morgan fingerprint density at radius 2 is 2.05 bits per heavy atom. The molecule has 0 fully saturated rings. The van der Waals surface area contributed by atoms with Crippen molar-refractivity contribution in [3.63, 3.8) is 0 Å². The van der Waals surface area contributed by atoms with Crippen LogP contribution < -0.4 is 10.6 Å². The highest BCUT2D eigenvalue weighted by Gasteiger charge is 2.23. The summed E-state index contributed by atoms with van der Waals surface area (Å²) in [5.41, 5.74) is 10.7. The summed E-state index contributed by atoms with van der Waals surface area (Å²) in [5, 5.41) is 0.743. The van der Waals surface area contributed by atoms with Gasteiger partial charge in [0.25, 0.3) is 0 Å². The third kappa shape index (κ3) is 2.48. The van der Waals surface area contributed by atoms with Crippen LogP contribution in [0.2, 0.25) is 5.02 Å². The highest BCUT2D eigenvalue weighted by Crippen LogP contribution is 2.32. The van der Waals surface area contributed by atoms with E-state index in [1.807, 2.05) is 18.2 Å². The van der Waals surface area contributed by atoms with Gasteiger partial charge >= 0.3 is 0 Å². The molecule has 2 aromatic carbocycles. The summed E-state index contributed by atoms with van der Waals surface area (Å²) in [5.74, 6) is 0. The average Bonchev–Trinajstić information content (AvgIpc) is 2.46. The molecule has 3 rings (SSSR count). The van der Waals surface area contributed by atoms with Crippen LogP contribution in [0.1, 0.15) is 24.5 Å². The van der Waals surface area contributed by atoms with Crippen LogP contribution in [0.25, 0.3) is 0 Å². The largest absolute Gasteiger partial charge is 0.398 e. The fourth-order valence-corrected chi connectivity index (χ4v) is 3.09. The second-order valence-corrected chi connectivity index (χ2v) is 5.92. The van der Waals surface area contributed by atoms with Crippen molar-refractivity contribution < 1.29 is 0 Å². The molecule has 0 aliphatic carbocycles. The lowest BCUT2D eigenvalue weighted by Crippen LogP contribution is -2.36. The van der Waals surface area contributed by atoms with E-state index in [1.54, 1.807) is 0 Å². The van der Waals surface area contributed by atoms with Crippen molar-refractivity contribution in [1.82, 2.24) is 0 Å². The Morgan fingerprint density at radius 3 is 2.90 bits per heavy atom. The molecule has 1 aliphatic heterocycles. The van der Waals surface area contributed by atoms with Crippen molar-refractivity contribution in [3.8, 4) is 0 Å². The minimum absolute atomic E-state index is 0.517. The van der Waals surface area contributed by atoms with E-state index >= 15 is 0 Å². The monoisotopic (exact) mass is 286 g/mol. The summed E-state index contributed by atoms with van der Waals surface area (Å²) in [6, 6.07) is 14.9. The molecule has 20 heavy (non-hydrogen) atoms. The fourth-order valence-electron chi connectivity index (χ4n) is 2.90. The van der Waals surface area contributed by atoms with E-state index in [2.05, 4.69) is 36.1 Å². The van der Waals surface area contributed by atoms with Gasteiger partial charge in [0.15, 0.2) is 0 Å². The number of nitrogen functional groups attached to an aromatic ring is 1. The Hall–Kier alpha value is -1.67. The Kier molecular flexibility index (Phi) is 3.58. The molecule has 0 amide bonds. The Bertz CT molecular complexity index is 624. The molecule has 2 nitrogen and oxygen atoms in total. The third-order valence-electron chi connectivity index (χ3n) is 4.11. The number of para-hydroxylation sites is 1. The first-order valence-corrected chi connectivity index (χ1v) is 7.41. The van der Waals surface area contributed by atoms with Crippen LogP contribution in [-0.4, -0.2) is 6.04 Å². The molecule has 2 aromatic rings. The van der Waals surface area contributed by atoms with Gasteiger partial charge < -0.3 is 10.6 Å². The number of nitrogens with zero attached hydrogens (tertiary/aromatic N) is 1. The molecular formula is C17H19ClN2. The smallest absolute Gasteiger partial charge is 0.0453 e. The molecule has 0 spiro atoms. The number of aryl methyl sites for hydroxylation is 1. The Balaban J connectivity index is 1.95. The van der Waals surface area contributed by atoms with Gasteiger partial charge in [-0.3, -0.25) is 0 Å². The summed E-state index contributed by atoms with van der Waals surface area (Å²) >= 11 is 6.10. The van der Waals surface area contributed by atoms with Crippen molar-refractivity contribution in [2.45, 2.75) is 32.4 Å². The molecule has 104 valence electrons. The first kappa shape index (κ1) is 13.3. The zero-order valence-corrected chi connectivity index (χ0v) is 12.4. The zero-order valence-electron chi connectivity index (χ0n) is 11.6. The van der Waals surface area contributed by atoms with Crippen LogP contribution in [0, 0.1) is 0 Å². The first-order valence-electron chi connectivity index (χ1n) is 7.03. The zero-order chi connectivity index (χ0) is 14.1. The van der Waals surface area contributed by atoms with Crippen molar-refractivity contribution in [2.75, 3.05) is 10.6 Å².